The second-order valence-electron chi connectivity index (χ2n) is 4.14. The van der Waals surface area contributed by atoms with Gasteiger partial charge in [0, 0.05) is 30.1 Å². The first-order valence-electron chi connectivity index (χ1n) is 4.80. The maximum absolute atomic E-state index is 5.86. The lowest BCUT2D eigenvalue weighted by Gasteiger charge is -2.43. The molecule has 1 aliphatic heterocycles. The lowest BCUT2D eigenvalue weighted by molar-refractivity contribution is 0.178. The zero-order valence-electron chi connectivity index (χ0n) is 7.40. The molecular formula is C10H12ClNO. The first-order chi connectivity index (χ1) is 6.30. The van der Waals surface area contributed by atoms with Crippen LogP contribution in [0.25, 0.3) is 0 Å². The van der Waals surface area contributed by atoms with Crippen molar-refractivity contribution in [3.05, 3.63) is 22.6 Å². The van der Waals surface area contributed by atoms with Gasteiger partial charge in [0.25, 0.3) is 0 Å². The minimum absolute atomic E-state index is 0.292. The molecule has 0 unspecified atom stereocenters. The van der Waals surface area contributed by atoms with E-state index < -0.39 is 0 Å². The van der Waals surface area contributed by atoms with Crippen LogP contribution in [0.5, 0.6) is 0 Å². The van der Waals surface area contributed by atoms with Crippen LogP contribution >= 0.6 is 11.6 Å². The third-order valence-electron chi connectivity index (χ3n) is 3.35. The third kappa shape index (κ3) is 0.990. The summed E-state index contributed by atoms with van der Waals surface area (Å²) in [5.41, 5.74) is 1.55. The maximum Gasteiger partial charge on any atom is 0.193 e. The molecule has 3 rings (SSSR count). The molecule has 1 aromatic heterocycles. The van der Waals surface area contributed by atoms with Crippen molar-refractivity contribution in [1.29, 1.82) is 0 Å². The van der Waals surface area contributed by atoms with Crippen molar-refractivity contribution in [2.24, 2.45) is 0 Å². The highest BCUT2D eigenvalue weighted by molar-refractivity contribution is 6.28. The lowest BCUT2D eigenvalue weighted by atomic mass is 9.65. The Morgan fingerprint density at radius 3 is 3.00 bits per heavy atom. The largest absolute Gasteiger partial charge is 0.449 e. The molecule has 1 spiro atoms. The van der Waals surface area contributed by atoms with Crippen molar-refractivity contribution in [2.45, 2.75) is 31.2 Å². The quantitative estimate of drug-likeness (QED) is 0.691. The molecule has 1 fully saturated rings. The molecule has 13 heavy (non-hydrogen) atoms. The minimum Gasteiger partial charge on any atom is -0.449 e. The van der Waals surface area contributed by atoms with Crippen molar-refractivity contribution in [2.75, 3.05) is 6.54 Å². The summed E-state index contributed by atoms with van der Waals surface area (Å²) >= 11 is 5.86. The molecule has 1 N–H and O–H groups in total. The summed E-state index contributed by atoms with van der Waals surface area (Å²) < 4.78 is 5.59. The van der Waals surface area contributed by atoms with Crippen molar-refractivity contribution >= 4 is 11.6 Å². The van der Waals surface area contributed by atoms with Crippen LogP contribution < -0.4 is 5.32 Å². The van der Waals surface area contributed by atoms with E-state index in [0.717, 1.165) is 18.8 Å². The van der Waals surface area contributed by atoms with E-state index in [0.29, 0.717) is 10.6 Å². The van der Waals surface area contributed by atoms with Gasteiger partial charge in [-0.2, -0.15) is 0 Å². The van der Waals surface area contributed by atoms with Crippen LogP contribution in [-0.4, -0.2) is 6.54 Å². The average Bonchev–Trinajstić information content (AvgIpc) is 2.41. The van der Waals surface area contributed by atoms with Crippen molar-refractivity contribution in [3.8, 4) is 0 Å². The van der Waals surface area contributed by atoms with Gasteiger partial charge in [-0.25, -0.2) is 0 Å². The molecule has 0 atom stereocenters. The van der Waals surface area contributed by atoms with E-state index in [2.05, 4.69) is 5.32 Å². The molecule has 3 heteroatoms. The summed E-state index contributed by atoms with van der Waals surface area (Å²) in [7, 11) is 0. The van der Waals surface area contributed by atoms with Gasteiger partial charge in [0.2, 0.25) is 0 Å². The van der Waals surface area contributed by atoms with Crippen molar-refractivity contribution in [3.63, 3.8) is 0 Å². The van der Waals surface area contributed by atoms with Gasteiger partial charge in [-0.05, 0) is 24.4 Å². The van der Waals surface area contributed by atoms with E-state index in [1.807, 2.05) is 6.07 Å². The van der Waals surface area contributed by atoms with Crippen LogP contribution in [0.2, 0.25) is 5.22 Å². The average molecular weight is 198 g/mol. The first kappa shape index (κ1) is 7.89. The SMILES string of the molecule is Clc1cc2c(o1)C1(CCC1)CNC2. The number of hydrogen-bond donors (Lipinski definition) is 1. The summed E-state index contributed by atoms with van der Waals surface area (Å²) in [5.74, 6) is 1.16. The van der Waals surface area contributed by atoms with Crippen LogP contribution in [-0.2, 0) is 12.0 Å². The van der Waals surface area contributed by atoms with Gasteiger partial charge in [0.05, 0.1) is 0 Å². The number of furan rings is 1. The Bertz CT molecular complexity index is 341. The topological polar surface area (TPSA) is 25.2 Å². The van der Waals surface area contributed by atoms with Gasteiger partial charge in [-0.3, -0.25) is 0 Å². The third-order valence-corrected chi connectivity index (χ3v) is 3.54. The zero-order valence-corrected chi connectivity index (χ0v) is 8.16. The zero-order chi connectivity index (χ0) is 8.89. The molecule has 2 heterocycles. The van der Waals surface area contributed by atoms with Crippen LogP contribution in [0.15, 0.2) is 10.5 Å². The van der Waals surface area contributed by atoms with E-state index in [-0.39, 0.29) is 0 Å². The molecule has 0 saturated heterocycles. The summed E-state index contributed by atoms with van der Waals surface area (Å²) in [6.07, 6.45) is 3.81. The number of halogens is 1. The van der Waals surface area contributed by atoms with Gasteiger partial charge in [-0.1, -0.05) is 6.42 Å². The molecule has 2 nitrogen and oxygen atoms in total. The van der Waals surface area contributed by atoms with Crippen LogP contribution in [0.1, 0.15) is 30.6 Å². The molecule has 1 aromatic rings. The first-order valence-corrected chi connectivity index (χ1v) is 5.17. The number of hydrogen-bond acceptors (Lipinski definition) is 2. The molecule has 1 saturated carbocycles. The fraction of sp³-hybridized carbons (Fsp3) is 0.600. The maximum atomic E-state index is 5.86. The smallest absolute Gasteiger partial charge is 0.193 e. The van der Waals surface area contributed by atoms with E-state index in [1.54, 1.807) is 0 Å². The Labute approximate surface area is 82.3 Å². The predicted molar refractivity (Wildman–Crippen MR) is 51.0 cm³/mol. The number of fused-ring (bicyclic) bond motifs is 2. The normalized spacial score (nSPS) is 24.1. The predicted octanol–water partition coefficient (Wildman–Crippen LogP) is 2.46. The Morgan fingerprint density at radius 2 is 2.31 bits per heavy atom. The monoisotopic (exact) mass is 197 g/mol. The van der Waals surface area contributed by atoms with E-state index in [1.165, 1.54) is 24.8 Å². The van der Waals surface area contributed by atoms with Crippen molar-refractivity contribution in [1.82, 2.24) is 5.32 Å². The molecule has 70 valence electrons. The van der Waals surface area contributed by atoms with E-state index >= 15 is 0 Å². The second kappa shape index (κ2) is 2.52. The number of rotatable bonds is 0. The Morgan fingerprint density at radius 1 is 1.46 bits per heavy atom. The van der Waals surface area contributed by atoms with Crippen molar-refractivity contribution < 1.29 is 4.42 Å². The molecule has 1 aliphatic carbocycles. The standard InChI is InChI=1S/C10H12ClNO/c11-8-4-7-5-12-6-10(2-1-3-10)9(7)13-8/h4,12H,1-3,5-6H2. The highest BCUT2D eigenvalue weighted by atomic mass is 35.5. The van der Waals surface area contributed by atoms with Crippen LogP contribution in [0.4, 0.5) is 0 Å². The highest BCUT2D eigenvalue weighted by Gasteiger charge is 2.44. The van der Waals surface area contributed by atoms with Gasteiger partial charge in [0.1, 0.15) is 5.76 Å². The minimum atomic E-state index is 0.292. The Kier molecular flexibility index (Phi) is 1.53. The Balaban J connectivity index is 2.10. The molecule has 2 aliphatic rings. The summed E-state index contributed by atoms with van der Waals surface area (Å²) in [6, 6.07) is 1.95. The van der Waals surface area contributed by atoms with E-state index in [4.69, 9.17) is 16.0 Å². The second-order valence-corrected chi connectivity index (χ2v) is 4.51. The summed E-state index contributed by atoms with van der Waals surface area (Å²) in [6.45, 7) is 1.97. The van der Waals surface area contributed by atoms with Gasteiger partial charge in [0.15, 0.2) is 5.22 Å². The van der Waals surface area contributed by atoms with Crippen LogP contribution in [0.3, 0.4) is 0 Å². The van der Waals surface area contributed by atoms with E-state index in [9.17, 15) is 0 Å². The van der Waals surface area contributed by atoms with Gasteiger partial charge >= 0.3 is 0 Å². The molecule has 0 amide bonds. The number of nitrogens with one attached hydrogen (secondary N) is 1. The van der Waals surface area contributed by atoms with Gasteiger partial charge in [-0.15, -0.1) is 0 Å². The Hall–Kier alpha value is -0.470. The molecular weight excluding hydrogens is 186 g/mol. The highest BCUT2D eigenvalue weighted by Crippen LogP contribution is 2.47. The molecule has 0 radical (unpaired) electrons. The fourth-order valence-corrected chi connectivity index (χ4v) is 2.71. The lowest BCUT2D eigenvalue weighted by Crippen LogP contribution is -2.47. The summed E-state index contributed by atoms with van der Waals surface area (Å²) in [4.78, 5) is 0. The fourth-order valence-electron chi connectivity index (χ4n) is 2.50. The molecule has 0 aromatic carbocycles. The summed E-state index contributed by atoms with van der Waals surface area (Å²) in [5, 5.41) is 3.97. The van der Waals surface area contributed by atoms with Gasteiger partial charge < -0.3 is 9.73 Å². The molecule has 0 bridgehead atoms. The van der Waals surface area contributed by atoms with Crippen LogP contribution in [0, 0.1) is 0 Å².